The first-order chi connectivity index (χ1) is 15.4. The molecule has 0 unspecified atom stereocenters. The molecule has 2 amide bonds. The zero-order chi connectivity index (χ0) is 23.1. The van der Waals surface area contributed by atoms with Crippen LogP contribution >= 0.6 is 34.4 Å². The molecule has 3 rings (SSSR count). The van der Waals surface area contributed by atoms with Crippen LogP contribution in [-0.4, -0.2) is 32.3 Å². The Bertz CT molecular complexity index is 1100. The van der Waals surface area contributed by atoms with Crippen molar-refractivity contribution in [2.24, 2.45) is 0 Å². The summed E-state index contributed by atoms with van der Waals surface area (Å²) < 4.78 is 2.96. The van der Waals surface area contributed by atoms with Gasteiger partial charge in [0.15, 0.2) is 11.0 Å². The van der Waals surface area contributed by atoms with Gasteiger partial charge >= 0.3 is 0 Å². The van der Waals surface area contributed by atoms with Crippen molar-refractivity contribution in [1.82, 2.24) is 20.1 Å². The van der Waals surface area contributed by atoms with Crippen molar-refractivity contribution in [3.05, 3.63) is 81.7 Å². The number of allylic oxidation sites excluding steroid dienone is 1. The minimum Gasteiger partial charge on any atom is -0.342 e. The predicted molar refractivity (Wildman–Crippen MR) is 136 cm³/mol. The lowest BCUT2D eigenvalue weighted by Crippen LogP contribution is -2.28. The molecule has 1 heterocycles. The first kappa shape index (κ1) is 24.0. The van der Waals surface area contributed by atoms with E-state index in [1.54, 1.807) is 18.2 Å². The molecule has 1 aromatic heterocycles. The van der Waals surface area contributed by atoms with Crippen molar-refractivity contribution >= 4 is 51.9 Å². The summed E-state index contributed by atoms with van der Waals surface area (Å²) in [7, 11) is 0. The molecule has 3 aromatic rings. The maximum absolute atomic E-state index is 12.6. The highest BCUT2D eigenvalue weighted by atomic mass is 127. The van der Waals surface area contributed by atoms with Crippen LogP contribution in [0.4, 0.5) is 5.69 Å². The number of carbonyl (C=O) groups excluding carboxylic acids is 2. The molecular weight excluding hydrogens is 537 g/mol. The van der Waals surface area contributed by atoms with E-state index in [-0.39, 0.29) is 23.6 Å². The van der Waals surface area contributed by atoms with Crippen LogP contribution in [0.5, 0.6) is 0 Å². The van der Waals surface area contributed by atoms with Gasteiger partial charge in [0.05, 0.1) is 11.8 Å². The predicted octanol–water partition coefficient (Wildman–Crippen LogP) is 4.60. The molecule has 32 heavy (non-hydrogen) atoms. The number of nitrogens with zero attached hydrogens (tertiary/aromatic N) is 3. The second-order valence-corrected chi connectivity index (χ2v) is 9.33. The maximum atomic E-state index is 12.6. The summed E-state index contributed by atoms with van der Waals surface area (Å²) in [5.74, 6) is 0.472. The van der Waals surface area contributed by atoms with Gasteiger partial charge in [0.25, 0.3) is 5.91 Å². The Labute approximate surface area is 205 Å². The fraction of sp³-hybridized carbons (Fsp3) is 0.217. The van der Waals surface area contributed by atoms with E-state index in [1.807, 2.05) is 54.8 Å². The zero-order valence-corrected chi connectivity index (χ0v) is 20.8. The molecule has 0 fully saturated rings. The van der Waals surface area contributed by atoms with Crippen LogP contribution in [0.25, 0.3) is 0 Å². The fourth-order valence-corrected chi connectivity index (χ4v) is 4.05. The summed E-state index contributed by atoms with van der Waals surface area (Å²) in [5, 5.41) is 14.9. The van der Waals surface area contributed by atoms with Gasteiger partial charge in [-0.25, -0.2) is 0 Å². The van der Waals surface area contributed by atoms with E-state index in [9.17, 15) is 9.59 Å². The van der Waals surface area contributed by atoms with E-state index in [4.69, 9.17) is 0 Å². The molecule has 0 bridgehead atoms. The Morgan fingerprint density at radius 1 is 1.16 bits per heavy atom. The first-order valence-electron chi connectivity index (χ1n) is 9.97. The summed E-state index contributed by atoms with van der Waals surface area (Å²) in [5.41, 5.74) is 2.42. The maximum Gasteiger partial charge on any atom is 0.251 e. The SMILES string of the molecule is C=CCn1c(SCC(=O)Nc2ccc(I)cc2)nnc1[C@@H](C)NC(=O)c1ccc(C)cc1. The summed E-state index contributed by atoms with van der Waals surface area (Å²) >= 11 is 3.50. The van der Waals surface area contributed by atoms with Gasteiger partial charge in [-0.3, -0.25) is 9.59 Å². The van der Waals surface area contributed by atoms with E-state index in [0.29, 0.717) is 23.1 Å². The highest BCUT2D eigenvalue weighted by Crippen LogP contribution is 2.22. The number of aromatic nitrogens is 3. The number of thioether (sulfide) groups is 1. The molecule has 9 heteroatoms. The highest BCUT2D eigenvalue weighted by Gasteiger charge is 2.20. The number of benzene rings is 2. The van der Waals surface area contributed by atoms with Crippen molar-refractivity contribution in [2.75, 3.05) is 11.1 Å². The fourth-order valence-electron chi connectivity index (χ4n) is 2.94. The quantitative estimate of drug-likeness (QED) is 0.227. The lowest BCUT2D eigenvalue weighted by Gasteiger charge is -2.15. The van der Waals surface area contributed by atoms with Gasteiger partial charge in [-0.2, -0.15) is 0 Å². The molecule has 0 saturated heterocycles. The third-order valence-corrected chi connectivity index (χ3v) is 6.25. The number of anilines is 1. The molecule has 2 aromatic carbocycles. The van der Waals surface area contributed by atoms with Crippen molar-refractivity contribution in [3.63, 3.8) is 0 Å². The summed E-state index contributed by atoms with van der Waals surface area (Å²) in [6.07, 6.45) is 1.73. The highest BCUT2D eigenvalue weighted by molar-refractivity contribution is 14.1. The van der Waals surface area contributed by atoms with Crippen LogP contribution in [0, 0.1) is 10.5 Å². The average molecular weight is 561 g/mol. The third kappa shape index (κ3) is 6.42. The summed E-state index contributed by atoms with van der Waals surface area (Å²) in [6.45, 7) is 8.09. The largest absolute Gasteiger partial charge is 0.342 e. The standard InChI is InChI=1S/C23H24IN5O2S/c1-4-13-29-21(16(3)25-22(31)17-7-5-15(2)6-8-17)27-28-23(29)32-14-20(30)26-19-11-9-18(24)10-12-19/h4-12,16H,1,13-14H2,2-3H3,(H,25,31)(H,26,30)/t16-/m1/s1. The summed E-state index contributed by atoms with van der Waals surface area (Å²) in [6, 6.07) is 14.6. The molecular formula is C23H24IN5O2S. The van der Waals surface area contributed by atoms with E-state index < -0.39 is 0 Å². The summed E-state index contributed by atoms with van der Waals surface area (Å²) in [4.78, 5) is 24.9. The average Bonchev–Trinajstić information content (AvgIpc) is 3.17. The topological polar surface area (TPSA) is 88.9 Å². The van der Waals surface area contributed by atoms with Gasteiger partial charge < -0.3 is 15.2 Å². The number of carbonyl (C=O) groups is 2. The van der Waals surface area contributed by atoms with Gasteiger partial charge in [-0.1, -0.05) is 35.5 Å². The number of hydrogen-bond donors (Lipinski definition) is 2. The monoisotopic (exact) mass is 561 g/mol. The molecule has 166 valence electrons. The minimum atomic E-state index is -0.369. The first-order valence-corrected chi connectivity index (χ1v) is 12.0. The number of aryl methyl sites for hydroxylation is 1. The van der Waals surface area contributed by atoms with Gasteiger partial charge in [0.1, 0.15) is 0 Å². The lowest BCUT2D eigenvalue weighted by molar-refractivity contribution is -0.113. The Hall–Kier alpha value is -2.66. The molecule has 0 spiro atoms. The molecule has 0 aliphatic rings. The van der Waals surface area contributed by atoms with Gasteiger partial charge in [-0.15, -0.1) is 16.8 Å². The second-order valence-electron chi connectivity index (χ2n) is 7.14. The van der Waals surface area contributed by atoms with Crippen molar-refractivity contribution < 1.29 is 9.59 Å². The molecule has 0 saturated carbocycles. The van der Waals surface area contributed by atoms with E-state index in [2.05, 4.69) is 50.0 Å². The molecule has 0 aliphatic carbocycles. The molecule has 0 radical (unpaired) electrons. The van der Waals surface area contributed by atoms with Crippen LogP contribution in [0.1, 0.15) is 34.7 Å². The Morgan fingerprint density at radius 2 is 1.84 bits per heavy atom. The van der Waals surface area contributed by atoms with Crippen LogP contribution < -0.4 is 10.6 Å². The molecule has 1 atom stereocenters. The number of halogens is 1. The normalized spacial score (nSPS) is 11.6. The van der Waals surface area contributed by atoms with Crippen LogP contribution in [0.2, 0.25) is 0 Å². The Morgan fingerprint density at radius 3 is 2.50 bits per heavy atom. The smallest absolute Gasteiger partial charge is 0.251 e. The number of amides is 2. The number of rotatable bonds is 9. The van der Waals surface area contributed by atoms with E-state index in [0.717, 1.165) is 14.8 Å². The van der Waals surface area contributed by atoms with Crippen molar-refractivity contribution in [3.8, 4) is 0 Å². The van der Waals surface area contributed by atoms with E-state index >= 15 is 0 Å². The Kier molecular flexibility index (Phi) is 8.46. The van der Waals surface area contributed by atoms with Crippen molar-refractivity contribution in [1.29, 1.82) is 0 Å². The zero-order valence-electron chi connectivity index (χ0n) is 17.8. The van der Waals surface area contributed by atoms with Crippen LogP contribution in [-0.2, 0) is 11.3 Å². The van der Waals surface area contributed by atoms with Gasteiger partial charge in [0, 0.05) is 21.4 Å². The Balaban J connectivity index is 1.65. The van der Waals surface area contributed by atoms with Crippen molar-refractivity contribution in [2.45, 2.75) is 31.6 Å². The number of hydrogen-bond acceptors (Lipinski definition) is 5. The minimum absolute atomic E-state index is 0.133. The number of nitrogens with one attached hydrogen (secondary N) is 2. The van der Waals surface area contributed by atoms with Gasteiger partial charge in [0.2, 0.25) is 5.91 Å². The lowest BCUT2D eigenvalue weighted by atomic mass is 10.1. The van der Waals surface area contributed by atoms with E-state index in [1.165, 1.54) is 11.8 Å². The second kappa shape index (κ2) is 11.3. The molecule has 2 N–H and O–H groups in total. The van der Waals surface area contributed by atoms with Crippen LogP contribution in [0.3, 0.4) is 0 Å². The molecule has 7 nitrogen and oxygen atoms in total. The van der Waals surface area contributed by atoms with Crippen LogP contribution in [0.15, 0.2) is 66.3 Å². The molecule has 0 aliphatic heterocycles. The van der Waals surface area contributed by atoms with Gasteiger partial charge in [-0.05, 0) is 72.8 Å². The third-order valence-electron chi connectivity index (χ3n) is 4.57.